The Hall–Kier alpha value is -1.71. The minimum Gasteiger partial charge on any atom is -0.397 e. The van der Waals surface area contributed by atoms with Gasteiger partial charge in [0.15, 0.2) is 0 Å². The van der Waals surface area contributed by atoms with Gasteiger partial charge in [-0.2, -0.15) is 0 Å². The van der Waals surface area contributed by atoms with Gasteiger partial charge in [0, 0.05) is 25.7 Å². The van der Waals surface area contributed by atoms with Crippen LogP contribution in [0.4, 0.5) is 11.4 Å². The average molecular weight is 263 g/mol. The van der Waals surface area contributed by atoms with Gasteiger partial charge in [-0.15, -0.1) is 0 Å². The third kappa shape index (κ3) is 4.47. The Bertz CT molecular complexity index is 429. The van der Waals surface area contributed by atoms with Crippen LogP contribution in [-0.4, -0.2) is 26.0 Å². The summed E-state index contributed by atoms with van der Waals surface area (Å²) in [7, 11) is 2.03. The molecule has 0 saturated heterocycles. The van der Waals surface area contributed by atoms with E-state index in [0.717, 1.165) is 18.7 Å². The van der Waals surface area contributed by atoms with Crippen LogP contribution < -0.4 is 16.0 Å². The smallest absolute Gasteiger partial charge is 0.251 e. The number of carbonyl (C=O) groups excluding carboxylic acids is 1. The SMILES string of the molecule is CCNC(=O)c1ccc(N(C)CCC(C)C)c(N)c1. The van der Waals surface area contributed by atoms with Gasteiger partial charge in [-0.1, -0.05) is 13.8 Å². The molecule has 0 radical (unpaired) electrons. The van der Waals surface area contributed by atoms with Crippen molar-refractivity contribution in [2.45, 2.75) is 27.2 Å². The van der Waals surface area contributed by atoms with Crippen LogP contribution in [0.3, 0.4) is 0 Å². The highest BCUT2D eigenvalue weighted by atomic mass is 16.1. The molecule has 0 atom stereocenters. The molecule has 0 fully saturated rings. The number of nitrogens with zero attached hydrogens (tertiary/aromatic N) is 1. The molecule has 0 aliphatic heterocycles. The lowest BCUT2D eigenvalue weighted by atomic mass is 10.1. The first kappa shape index (κ1) is 15.3. The van der Waals surface area contributed by atoms with Gasteiger partial charge in [-0.3, -0.25) is 4.79 Å². The first-order chi connectivity index (χ1) is 8.95. The molecule has 3 N–H and O–H groups in total. The third-order valence-corrected chi connectivity index (χ3v) is 3.08. The third-order valence-electron chi connectivity index (χ3n) is 3.08. The van der Waals surface area contributed by atoms with Gasteiger partial charge in [-0.25, -0.2) is 0 Å². The van der Waals surface area contributed by atoms with Crippen molar-refractivity contribution in [2.75, 3.05) is 30.8 Å². The molecular weight excluding hydrogens is 238 g/mol. The summed E-state index contributed by atoms with van der Waals surface area (Å²) in [5.41, 5.74) is 8.28. The molecule has 0 aliphatic carbocycles. The van der Waals surface area contributed by atoms with Crippen LogP contribution in [0, 0.1) is 5.92 Å². The summed E-state index contributed by atoms with van der Waals surface area (Å²) < 4.78 is 0. The van der Waals surface area contributed by atoms with E-state index in [0.29, 0.717) is 23.7 Å². The number of nitrogens with one attached hydrogen (secondary N) is 1. The summed E-state index contributed by atoms with van der Waals surface area (Å²) in [6.07, 6.45) is 1.12. The minimum absolute atomic E-state index is 0.0782. The standard InChI is InChI=1S/C15H25N3O/c1-5-17-15(19)12-6-7-14(13(16)10-12)18(4)9-8-11(2)3/h6-7,10-11H,5,8-9,16H2,1-4H3,(H,17,19). The van der Waals surface area contributed by atoms with Gasteiger partial charge in [0.25, 0.3) is 5.91 Å². The number of amides is 1. The lowest BCUT2D eigenvalue weighted by Gasteiger charge is -2.22. The topological polar surface area (TPSA) is 58.4 Å². The van der Waals surface area contributed by atoms with Gasteiger partial charge in [-0.05, 0) is 37.5 Å². The van der Waals surface area contributed by atoms with E-state index >= 15 is 0 Å². The molecule has 0 aliphatic rings. The molecular formula is C15H25N3O. The Kier molecular flexibility index (Phi) is 5.67. The molecule has 1 aromatic rings. The Morgan fingerprint density at radius 2 is 2.11 bits per heavy atom. The number of anilines is 2. The second-order valence-corrected chi connectivity index (χ2v) is 5.24. The number of carbonyl (C=O) groups is 1. The molecule has 19 heavy (non-hydrogen) atoms. The quantitative estimate of drug-likeness (QED) is 0.775. The zero-order valence-corrected chi connectivity index (χ0v) is 12.4. The van der Waals surface area contributed by atoms with E-state index in [1.54, 1.807) is 6.07 Å². The normalized spacial score (nSPS) is 10.6. The molecule has 0 spiro atoms. The van der Waals surface area contributed by atoms with Crippen molar-refractivity contribution in [1.29, 1.82) is 0 Å². The van der Waals surface area contributed by atoms with E-state index in [4.69, 9.17) is 5.73 Å². The fraction of sp³-hybridized carbons (Fsp3) is 0.533. The first-order valence-electron chi connectivity index (χ1n) is 6.84. The van der Waals surface area contributed by atoms with Crippen molar-refractivity contribution in [2.24, 2.45) is 5.92 Å². The number of rotatable bonds is 6. The van der Waals surface area contributed by atoms with Gasteiger partial charge in [0.1, 0.15) is 0 Å². The van der Waals surface area contributed by atoms with Gasteiger partial charge in [0.05, 0.1) is 11.4 Å². The second kappa shape index (κ2) is 7.02. The molecule has 0 bridgehead atoms. The number of hydrogen-bond acceptors (Lipinski definition) is 3. The molecule has 4 heteroatoms. The van der Waals surface area contributed by atoms with Crippen LogP contribution >= 0.6 is 0 Å². The van der Waals surface area contributed by atoms with E-state index in [9.17, 15) is 4.79 Å². The van der Waals surface area contributed by atoms with Crippen LogP contribution in [0.25, 0.3) is 0 Å². The van der Waals surface area contributed by atoms with Crippen molar-refractivity contribution in [3.05, 3.63) is 23.8 Å². The average Bonchev–Trinajstić information content (AvgIpc) is 2.36. The van der Waals surface area contributed by atoms with Crippen LogP contribution in [0.5, 0.6) is 0 Å². The Morgan fingerprint density at radius 3 is 2.63 bits per heavy atom. The predicted molar refractivity (Wildman–Crippen MR) is 81.6 cm³/mol. The fourth-order valence-corrected chi connectivity index (χ4v) is 1.88. The number of benzene rings is 1. The highest BCUT2D eigenvalue weighted by Crippen LogP contribution is 2.24. The van der Waals surface area contributed by atoms with E-state index in [-0.39, 0.29) is 5.91 Å². The number of nitrogens with two attached hydrogens (primary N) is 1. The summed E-state index contributed by atoms with van der Waals surface area (Å²) in [6.45, 7) is 7.89. The summed E-state index contributed by atoms with van der Waals surface area (Å²) in [5.74, 6) is 0.587. The van der Waals surface area contributed by atoms with Crippen LogP contribution in [0.1, 0.15) is 37.6 Å². The first-order valence-corrected chi connectivity index (χ1v) is 6.84. The molecule has 106 valence electrons. The fourth-order valence-electron chi connectivity index (χ4n) is 1.88. The zero-order valence-electron chi connectivity index (χ0n) is 12.4. The maximum atomic E-state index is 11.7. The maximum absolute atomic E-state index is 11.7. The van der Waals surface area contributed by atoms with Crippen molar-refractivity contribution in [3.63, 3.8) is 0 Å². The summed E-state index contributed by atoms with van der Waals surface area (Å²) in [6, 6.07) is 5.48. The van der Waals surface area contributed by atoms with Gasteiger partial charge >= 0.3 is 0 Å². The van der Waals surface area contributed by atoms with E-state index < -0.39 is 0 Å². The lowest BCUT2D eigenvalue weighted by Crippen LogP contribution is -2.24. The van der Waals surface area contributed by atoms with Crippen LogP contribution in [0.2, 0.25) is 0 Å². The summed E-state index contributed by atoms with van der Waals surface area (Å²) in [4.78, 5) is 13.8. The molecule has 1 aromatic carbocycles. The Labute approximate surface area is 116 Å². The Morgan fingerprint density at radius 1 is 1.42 bits per heavy atom. The van der Waals surface area contributed by atoms with Gasteiger partial charge in [0.2, 0.25) is 0 Å². The highest BCUT2D eigenvalue weighted by Gasteiger charge is 2.10. The maximum Gasteiger partial charge on any atom is 0.251 e. The predicted octanol–water partition coefficient (Wildman–Crippen LogP) is 2.50. The van der Waals surface area contributed by atoms with E-state index in [1.165, 1.54) is 0 Å². The number of hydrogen-bond donors (Lipinski definition) is 2. The number of nitrogen functional groups attached to an aromatic ring is 1. The molecule has 1 amide bonds. The van der Waals surface area contributed by atoms with E-state index in [1.807, 2.05) is 26.1 Å². The molecule has 1 rings (SSSR count). The van der Waals surface area contributed by atoms with Crippen molar-refractivity contribution < 1.29 is 4.79 Å². The van der Waals surface area contributed by atoms with Crippen molar-refractivity contribution >= 4 is 17.3 Å². The Balaban J connectivity index is 2.79. The summed E-state index contributed by atoms with van der Waals surface area (Å²) in [5, 5.41) is 2.77. The largest absolute Gasteiger partial charge is 0.397 e. The minimum atomic E-state index is -0.0782. The second-order valence-electron chi connectivity index (χ2n) is 5.24. The monoisotopic (exact) mass is 263 g/mol. The van der Waals surface area contributed by atoms with Crippen molar-refractivity contribution in [1.82, 2.24) is 5.32 Å². The van der Waals surface area contributed by atoms with Crippen molar-refractivity contribution in [3.8, 4) is 0 Å². The molecule has 0 unspecified atom stereocenters. The zero-order chi connectivity index (χ0) is 14.4. The molecule has 0 heterocycles. The van der Waals surface area contributed by atoms with Crippen LogP contribution in [-0.2, 0) is 0 Å². The van der Waals surface area contributed by atoms with Crippen LogP contribution in [0.15, 0.2) is 18.2 Å². The van der Waals surface area contributed by atoms with E-state index in [2.05, 4.69) is 24.1 Å². The lowest BCUT2D eigenvalue weighted by molar-refractivity contribution is 0.0956. The molecule has 0 aromatic heterocycles. The molecule has 0 saturated carbocycles. The highest BCUT2D eigenvalue weighted by molar-refractivity contribution is 5.96. The summed E-state index contributed by atoms with van der Waals surface area (Å²) >= 11 is 0. The molecule has 4 nitrogen and oxygen atoms in total. The van der Waals surface area contributed by atoms with Gasteiger partial charge < -0.3 is 16.0 Å².